The number of rotatable bonds is 5. The van der Waals surface area contributed by atoms with Crippen LogP contribution < -0.4 is 5.32 Å². The summed E-state index contributed by atoms with van der Waals surface area (Å²) in [5, 5.41) is 11.3. The summed E-state index contributed by atoms with van der Waals surface area (Å²) in [4.78, 5) is 12.7. The summed E-state index contributed by atoms with van der Waals surface area (Å²) in [7, 11) is -3.74. The number of carbonyl (C=O) groups is 1. The van der Waals surface area contributed by atoms with Gasteiger partial charge >= 0.3 is 6.01 Å². The van der Waals surface area contributed by atoms with E-state index in [1.54, 1.807) is 6.07 Å². The summed E-state index contributed by atoms with van der Waals surface area (Å²) in [6, 6.07) is 13.8. The number of nitrogens with one attached hydrogen (secondary N) is 1. The van der Waals surface area contributed by atoms with Crippen molar-refractivity contribution in [3.05, 3.63) is 60.4 Å². The molecule has 0 spiro atoms. The predicted octanol–water partition coefficient (Wildman–Crippen LogP) is 3.66. The fourth-order valence-electron chi connectivity index (χ4n) is 3.78. The van der Waals surface area contributed by atoms with Gasteiger partial charge in [0.1, 0.15) is 11.4 Å². The molecule has 3 heterocycles. The number of furan rings is 1. The highest BCUT2D eigenvalue weighted by atomic mass is 32.2. The monoisotopic (exact) mass is 470 g/mol. The summed E-state index contributed by atoms with van der Waals surface area (Å²) < 4.78 is 51.1. The number of piperidine rings is 1. The number of hydrogen-bond acceptors (Lipinski definition) is 7. The third kappa shape index (κ3) is 4.24. The van der Waals surface area contributed by atoms with Gasteiger partial charge in [-0.3, -0.25) is 10.1 Å². The van der Waals surface area contributed by atoms with Crippen LogP contribution in [0.25, 0.3) is 22.6 Å². The second-order valence-electron chi connectivity index (χ2n) is 7.68. The maximum atomic E-state index is 13.1. The first-order valence-electron chi connectivity index (χ1n) is 10.3. The van der Waals surface area contributed by atoms with Crippen LogP contribution in [0.15, 0.2) is 68.3 Å². The van der Waals surface area contributed by atoms with Gasteiger partial charge in [0.2, 0.25) is 15.9 Å². The fourth-order valence-corrected chi connectivity index (χ4v) is 5.25. The van der Waals surface area contributed by atoms with Crippen LogP contribution in [0, 0.1) is 11.7 Å². The van der Waals surface area contributed by atoms with E-state index in [1.807, 2.05) is 24.3 Å². The van der Waals surface area contributed by atoms with E-state index in [4.69, 9.17) is 8.83 Å². The van der Waals surface area contributed by atoms with Gasteiger partial charge in [-0.1, -0.05) is 23.3 Å². The SMILES string of the molecule is O=C(Nc1nnc(-c2cc3ccccc3o2)o1)C1CCN(S(=O)(=O)c2ccc(F)cc2)CC1. The molecule has 9 nitrogen and oxygen atoms in total. The Balaban J connectivity index is 1.21. The topological polar surface area (TPSA) is 119 Å². The molecule has 0 unspecified atom stereocenters. The Labute approximate surface area is 188 Å². The molecule has 2 aromatic heterocycles. The quantitative estimate of drug-likeness (QED) is 0.473. The van der Waals surface area contributed by atoms with Crippen molar-refractivity contribution in [2.75, 3.05) is 18.4 Å². The smallest absolute Gasteiger partial charge is 0.322 e. The van der Waals surface area contributed by atoms with Gasteiger partial charge in [0.05, 0.1) is 4.90 Å². The lowest BCUT2D eigenvalue weighted by molar-refractivity contribution is -0.121. The number of halogens is 1. The number of para-hydroxylation sites is 1. The van der Waals surface area contributed by atoms with E-state index in [9.17, 15) is 17.6 Å². The van der Waals surface area contributed by atoms with Crippen molar-refractivity contribution < 1.29 is 26.4 Å². The van der Waals surface area contributed by atoms with Crippen molar-refractivity contribution in [1.29, 1.82) is 0 Å². The van der Waals surface area contributed by atoms with E-state index in [0.717, 1.165) is 17.5 Å². The summed E-state index contributed by atoms with van der Waals surface area (Å²) in [6.45, 7) is 0.345. The third-order valence-electron chi connectivity index (χ3n) is 5.57. The second kappa shape index (κ2) is 8.41. The number of amides is 1. The molecule has 11 heteroatoms. The maximum absolute atomic E-state index is 13.1. The third-order valence-corrected chi connectivity index (χ3v) is 7.48. The van der Waals surface area contributed by atoms with Crippen molar-refractivity contribution in [1.82, 2.24) is 14.5 Å². The molecule has 0 bridgehead atoms. The molecule has 1 N–H and O–H groups in total. The van der Waals surface area contributed by atoms with Gasteiger partial charge in [-0.25, -0.2) is 12.8 Å². The van der Waals surface area contributed by atoms with Crippen LogP contribution in [0.4, 0.5) is 10.4 Å². The molecule has 170 valence electrons. The highest BCUT2D eigenvalue weighted by molar-refractivity contribution is 7.89. The zero-order chi connectivity index (χ0) is 23.0. The van der Waals surface area contributed by atoms with E-state index in [-0.39, 0.29) is 35.8 Å². The molecule has 0 aliphatic carbocycles. The number of nitrogens with zero attached hydrogens (tertiary/aromatic N) is 3. The molecule has 1 amide bonds. The Morgan fingerprint density at radius 1 is 1.03 bits per heavy atom. The summed E-state index contributed by atoms with van der Waals surface area (Å²) in [6.07, 6.45) is 0.660. The normalized spacial score (nSPS) is 15.7. The minimum atomic E-state index is -3.74. The van der Waals surface area contributed by atoms with Crippen LogP contribution in [0.3, 0.4) is 0 Å². The first kappa shape index (κ1) is 21.3. The Morgan fingerprint density at radius 3 is 2.48 bits per heavy atom. The number of sulfonamides is 1. The van der Waals surface area contributed by atoms with E-state index >= 15 is 0 Å². The largest absolute Gasteiger partial charge is 0.451 e. The van der Waals surface area contributed by atoms with Crippen LogP contribution >= 0.6 is 0 Å². The Bertz CT molecular complexity index is 1370. The van der Waals surface area contributed by atoms with E-state index in [0.29, 0.717) is 24.2 Å². The molecule has 0 saturated carbocycles. The van der Waals surface area contributed by atoms with Crippen LogP contribution in [0.2, 0.25) is 0 Å². The molecule has 1 saturated heterocycles. The number of benzene rings is 2. The van der Waals surface area contributed by atoms with E-state index in [1.165, 1.54) is 16.4 Å². The number of aromatic nitrogens is 2. The molecule has 2 aromatic carbocycles. The van der Waals surface area contributed by atoms with Crippen LogP contribution in [-0.4, -0.2) is 41.9 Å². The molecular formula is C22H19FN4O5S. The summed E-state index contributed by atoms with van der Waals surface area (Å²) in [5.41, 5.74) is 0.679. The molecule has 33 heavy (non-hydrogen) atoms. The fraction of sp³-hybridized carbons (Fsp3) is 0.227. The van der Waals surface area contributed by atoms with Crippen molar-refractivity contribution in [3.63, 3.8) is 0 Å². The summed E-state index contributed by atoms with van der Waals surface area (Å²) >= 11 is 0. The Morgan fingerprint density at radius 2 is 1.76 bits per heavy atom. The van der Waals surface area contributed by atoms with Crippen molar-refractivity contribution >= 4 is 32.9 Å². The minimum absolute atomic E-state index is 0.0239. The highest BCUT2D eigenvalue weighted by Gasteiger charge is 2.32. The van der Waals surface area contributed by atoms with Gasteiger partial charge in [-0.05, 0) is 49.2 Å². The van der Waals surface area contributed by atoms with Crippen LogP contribution in [0.1, 0.15) is 12.8 Å². The number of hydrogen-bond donors (Lipinski definition) is 1. The molecule has 1 fully saturated rings. The average molecular weight is 470 g/mol. The predicted molar refractivity (Wildman–Crippen MR) is 116 cm³/mol. The van der Waals surface area contributed by atoms with Crippen molar-refractivity contribution in [2.24, 2.45) is 5.92 Å². The number of carbonyl (C=O) groups excluding carboxylic acids is 1. The average Bonchev–Trinajstić information content (AvgIpc) is 3.46. The zero-order valence-electron chi connectivity index (χ0n) is 17.3. The second-order valence-corrected chi connectivity index (χ2v) is 9.62. The van der Waals surface area contributed by atoms with Gasteiger partial charge in [0.25, 0.3) is 5.89 Å². The lowest BCUT2D eigenvalue weighted by Gasteiger charge is -2.30. The van der Waals surface area contributed by atoms with Crippen molar-refractivity contribution in [2.45, 2.75) is 17.7 Å². The van der Waals surface area contributed by atoms with E-state index < -0.39 is 21.8 Å². The lowest BCUT2D eigenvalue weighted by atomic mass is 9.97. The van der Waals surface area contributed by atoms with Crippen molar-refractivity contribution in [3.8, 4) is 11.7 Å². The van der Waals surface area contributed by atoms with Gasteiger partial charge in [0, 0.05) is 24.4 Å². The summed E-state index contributed by atoms with van der Waals surface area (Å²) in [5.74, 6) is -0.709. The number of fused-ring (bicyclic) bond motifs is 1. The lowest BCUT2D eigenvalue weighted by Crippen LogP contribution is -2.41. The molecule has 1 aliphatic heterocycles. The molecule has 0 radical (unpaired) electrons. The Hall–Kier alpha value is -3.57. The Kier molecular flexibility index (Phi) is 5.43. The maximum Gasteiger partial charge on any atom is 0.322 e. The van der Waals surface area contributed by atoms with Gasteiger partial charge < -0.3 is 8.83 Å². The highest BCUT2D eigenvalue weighted by Crippen LogP contribution is 2.28. The molecular weight excluding hydrogens is 451 g/mol. The number of anilines is 1. The minimum Gasteiger partial charge on any atom is -0.451 e. The van der Waals surface area contributed by atoms with E-state index in [2.05, 4.69) is 15.5 Å². The van der Waals surface area contributed by atoms with Gasteiger partial charge in [-0.15, -0.1) is 5.10 Å². The first-order valence-corrected chi connectivity index (χ1v) is 11.7. The first-order chi connectivity index (χ1) is 15.9. The van der Waals surface area contributed by atoms with Gasteiger partial charge in [0.15, 0.2) is 5.76 Å². The van der Waals surface area contributed by atoms with Gasteiger partial charge in [-0.2, -0.15) is 4.31 Å². The molecule has 1 aliphatic rings. The van der Waals surface area contributed by atoms with Crippen LogP contribution in [0.5, 0.6) is 0 Å². The molecule has 5 rings (SSSR count). The zero-order valence-corrected chi connectivity index (χ0v) is 18.1. The molecule has 4 aromatic rings. The standard InChI is InChI=1S/C22H19FN4O5S/c23-16-5-7-17(8-6-16)33(29,30)27-11-9-14(10-12-27)20(28)24-22-26-25-21(32-22)19-13-15-3-1-2-4-18(15)31-19/h1-8,13-14H,9-12H2,(H,24,26,28). The van der Waals surface area contributed by atoms with Crippen LogP contribution in [-0.2, 0) is 14.8 Å². The molecule has 0 atom stereocenters.